The molecule has 0 radical (unpaired) electrons. The minimum absolute atomic E-state index is 0.0560. The summed E-state index contributed by atoms with van der Waals surface area (Å²) in [6.45, 7) is 3.04. The molecule has 71 heavy (non-hydrogen) atoms. The summed E-state index contributed by atoms with van der Waals surface area (Å²) in [5.41, 5.74) is 4.89. The van der Waals surface area contributed by atoms with E-state index < -0.39 is 40.4 Å². The lowest BCUT2D eigenvalue weighted by molar-refractivity contribution is -0.763. The maximum absolute atomic E-state index is 14.5. The normalized spacial score (nSPS) is 18.5. The van der Waals surface area contributed by atoms with Crippen LogP contribution in [0.1, 0.15) is 56.9 Å². The van der Waals surface area contributed by atoms with Gasteiger partial charge in [-0.05, 0) is 88.8 Å². The smallest absolute Gasteiger partial charge is 0.490 e. The van der Waals surface area contributed by atoms with Crippen LogP contribution in [0.2, 0.25) is 0 Å². The number of fused-ring (bicyclic) bond motifs is 1. The number of anilines is 2. The van der Waals surface area contributed by atoms with Crippen LogP contribution >= 0.6 is 0 Å². The number of piperidine rings is 1. The van der Waals surface area contributed by atoms with E-state index in [2.05, 4.69) is 19.5 Å². The highest BCUT2D eigenvalue weighted by molar-refractivity contribution is 5.94. The largest absolute Gasteiger partial charge is 0.508 e. The number of carbonyl (C=O) groups is 2. The van der Waals surface area contributed by atoms with Crippen LogP contribution in [-0.4, -0.2) is 105 Å². The number of halogens is 1. The molecule has 5 aromatic rings. The van der Waals surface area contributed by atoms with Gasteiger partial charge in [-0.25, -0.2) is 9.18 Å². The average Bonchev–Trinajstić information content (AvgIpc) is 3.85. The molecular formula is C51H54FN5O14. The molecule has 0 bridgehead atoms. The van der Waals surface area contributed by atoms with Gasteiger partial charge >= 0.3 is 6.16 Å². The van der Waals surface area contributed by atoms with Gasteiger partial charge in [0.15, 0.2) is 0 Å². The van der Waals surface area contributed by atoms with E-state index >= 15 is 0 Å². The number of ether oxygens (including phenoxy) is 6. The van der Waals surface area contributed by atoms with Gasteiger partial charge in [-0.2, -0.15) is 0 Å². The summed E-state index contributed by atoms with van der Waals surface area (Å²) in [4.78, 5) is 65.0. The Labute approximate surface area is 408 Å². The van der Waals surface area contributed by atoms with E-state index in [4.69, 9.17) is 28.4 Å². The van der Waals surface area contributed by atoms with Gasteiger partial charge in [0.05, 0.1) is 44.0 Å². The fourth-order valence-corrected chi connectivity index (χ4v) is 9.11. The fourth-order valence-electron chi connectivity index (χ4n) is 9.11. The SMILES string of the molecule is COCCCN1CCOc2ccc(COC3CN(C(=O)c4cccc(CO[N+](=O)[O-])c4)CC(OC(=O)OCc4cccc(CO[N+](=O)[O-])c4)C3c3ccc(OC4CCN(c5cccc(F)c5)C4)cc3)cc21. The molecule has 3 aliphatic heterocycles. The summed E-state index contributed by atoms with van der Waals surface area (Å²) < 4.78 is 50.4. The molecule has 1 amide bonds. The monoisotopic (exact) mass is 979 g/mol. The van der Waals surface area contributed by atoms with Crippen LogP contribution in [0.15, 0.2) is 115 Å². The van der Waals surface area contributed by atoms with Crippen molar-refractivity contribution in [3.8, 4) is 11.5 Å². The van der Waals surface area contributed by atoms with Crippen molar-refractivity contribution in [1.82, 2.24) is 4.90 Å². The van der Waals surface area contributed by atoms with Gasteiger partial charge in [0.25, 0.3) is 16.1 Å². The molecule has 20 heteroatoms. The maximum atomic E-state index is 14.5. The third-order valence-corrected chi connectivity index (χ3v) is 12.4. The lowest BCUT2D eigenvalue weighted by atomic mass is 9.84. The molecule has 5 aromatic carbocycles. The summed E-state index contributed by atoms with van der Waals surface area (Å²) >= 11 is 0. The van der Waals surface area contributed by atoms with Crippen LogP contribution in [-0.2, 0) is 55.1 Å². The van der Waals surface area contributed by atoms with E-state index in [0.29, 0.717) is 55.3 Å². The molecule has 2 saturated heterocycles. The molecule has 19 nitrogen and oxygen atoms in total. The van der Waals surface area contributed by atoms with E-state index in [9.17, 15) is 34.2 Å². The molecule has 8 rings (SSSR count). The van der Waals surface area contributed by atoms with E-state index in [0.717, 1.165) is 47.6 Å². The van der Waals surface area contributed by atoms with Gasteiger partial charge in [0.1, 0.15) is 56.0 Å². The predicted octanol–water partition coefficient (Wildman–Crippen LogP) is 7.68. The van der Waals surface area contributed by atoms with Gasteiger partial charge < -0.3 is 52.8 Å². The number of hydrogen-bond acceptors (Lipinski definition) is 16. The van der Waals surface area contributed by atoms with Crippen molar-refractivity contribution in [2.75, 3.05) is 69.4 Å². The van der Waals surface area contributed by atoms with Crippen molar-refractivity contribution in [2.24, 2.45) is 0 Å². The van der Waals surface area contributed by atoms with E-state index in [1.165, 1.54) is 23.1 Å². The molecule has 3 aliphatic rings. The molecule has 4 unspecified atom stereocenters. The Hall–Kier alpha value is -7.71. The summed E-state index contributed by atoms with van der Waals surface area (Å²) in [6, 6.07) is 32.6. The average molecular weight is 980 g/mol. The molecule has 0 spiro atoms. The fraction of sp³-hybridized carbons (Fsp3) is 0.373. The second kappa shape index (κ2) is 23.7. The lowest BCUT2D eigenvalue weighted by Crippen LogP contribution is -2.55. The zero-order chi connectivity index (χ0) is 49.7. The first-order valence-corrected chi connectivity index (χ1v) is 23.2. The van der Waals surface area contributed by atoms with Crippen molar-refractivity contribution in [1.29, 1.82) is 0 Å². The first kappa shape index (κ1) is 49.7. The molecule has 0 saturated carbocycles. The lowest BCUT2D eigenvalue weighted by Gasteiger charge is -2.43. The second-order valence-electron chi connectivity index (χ2n) is 17.3. The Morgan fingerprint density at radius 1 is 0.761 bits per heavy atom. The number of hydrogen-bond donors (Lipinski definition) is 0. The van der Waals surface area contributed by atoms with Crippen molar-refractivity contribution >= 4 is 23.4 Å². The predicted molar refractivity (Wildman–Crippen MR) is 253 cm³/mol. The standard InChI is InChI=1S/C51H54FN5O14/c1-64-22-5-19-53-21-23-65-46-17-12-38(26-45(46)53)31-66-47-29-55(50(58)40-9-3-8-37(25-40)34-69-57(62)63)30-48(71-51(59)67-32-35-6-2-7-36(24-35)33-68-56(60)61)49(47)39-13-15-43(16-14-39)70-44-18-20-54(28-44)42-11-4-10-41(52)27-42/h2-4,6-17,24-27,44,47-49H,5,18-23,28-34H2,1H3. The maximum Gasteiger partial charge on any atom is 0.508 e. The first-order valence-electron chi connectivity index (χ1n) is 23.2. The quantitative estimate of drug-likeness (QED) is 0.0299. The minimum Gasteiger partial charge on any atom is -0.490 e. The van der Waals surface area contributed by atoms with E-state index in [-0.39, 0.29) is 57.0 Å². The van der Waals surface area contributed by atoms with Gasteiger partial charge in [0.2, 0.25) is 0 Å². The number of methoxy groups -OCH3 is 1. The Morgan fingerprint density at radius 3 is 2.21 bits per heavy atom. The van der Waals surface area contributed by atoms with Crippen LogP contribution in [0.4, 0.5) is 20.6 Å². The van der Waals surface area contributed by atoms with E-state index in [1.807, 2.05) is 48.5 Å². The van der Waals surface area contributed by atoms with Crippen molar-refractivity contribution in [3.63, 3.8) is 0 Å². The number of amides is 1. The highest BCUT2D eigenvalue weighted by Crippen LogP contribution is 2.37. The number of likely N-dealkylation sites (tertiary alicyclic amines) is 1. The Morgan fingerprint density at radius 2 is 1.46 bits per heavy atom. The summed E-state index contributed by atoms with van der Waals surface area (Å²) in [5, 5.41) is 20.0. The van der Waals surface area contributed by atoms with Crippen molar-refractivity contribution < 1.29 is 62.2 Å². The third-order valence-electron chi connectivity index (χ3n) is 12.4. The zero-order valence-corrected chi connectivity index (χ0v) is 39.0. The highest BCUT2D eigenvalue weighted by atomic mass is 19.1. The van der Waals surface area contributed by atoms with E-state index in [1.54, 1.807) is 55.6 Å². The Kier molecular flexibility index (Phi) is 16.6. The van der Waals surface area contributed by atoms with Gasteiger partial charge in [-0.3, -0.25) is 4.79 Å². The minimum atomic E-state index is -1.04. The van der Waals surface area contributed by atoms with Crippen LogP contribution in [0, 0.1) is 26.0 Å². The van der Waals surface area contributed by atoms with Gasteiger partial charge in [0, 0.05) is 51.0 Å². The highest BCUT2D eigenvalue weighted by Gasteiger charge is 2.43. The molecule has 4 atom stereocenters. The molecule has 0 N–H and O–H groups in total. The van der Waals surface area contributed by atoms with Crippen LogP contribution < -0.4 is 19.3 Å². The number of rotatable bonds is 21. The summed E-state index contributed by atoms with van der Waals surface area (Å²) in [6.07, 6.45) is -1.48. The number of carbonyl (C=O) groups excluding carboxylic acids is 2. The first-order chi connectivity index (χ1) is 34.5. The Bertz CT molecular complexity index is 2640. The molecular weight excluding hydrogens is 926 g/mol. The number of nitrogens with zero attached hydrogens (tertiary/aromatic N) is 5. The Balaban J connectivity index is 1.07. The summed E-state index contributed by atoms with van der Waals surface area (Å²) in [7, 11) is 1.67. The van der Waals surface area contributed by atoms with Crippen molar-refractivity contribution in [3.05, 3.63) is 175 Å². The van der Waals surface area contributed by atoms with Gasteiger partial charge in [-0.1, -0.05) is 60.7 Å². The molecule has 374 valence electrons. The number of benzene rings is 5. The van der Waals surface area contributed by atoms with Crippen LogP contribution in [0.3, 0.4) is 0 Å². The summed E-state index contributed by atoms with van der Waals surface area (Å²) in [5.74, 6) is -0.0680. The van der Waals surface area contributed by atoms with Crippen LogP contribution in [0.25, 0.3) is 0 Å². The molecule has 2 fully saturated rings. The van der Waals surface area contributed by atoms with Crippen molar-refractivity contribution in [2.45, 2.75) is 63.5 Å². The zero-order valence-electron chi connectivity index (χ0n) is 39.0. The molecule has 0 aromatic heterocycles. The second-order valence-corrected chi connectivity index (χ2v) is 17.3. The third kappa shape index (κ3) is 13.5. The topological polar surface area (TPSA) is 204 Å². The molecule has 0 aliphatic carbocycles. The van der Waals surface area contributed by atoms with Gasteiger partial charge in [-0.15, -0.1) is 20.2 Å². The molecule has 3 heterocycles. The van der Waals surface area contributed by atoms with Crippen LogP contribution in [0.5, 0.6) is 11.5 Å².